The summed E-state index contributed by atoms with van der Waals surface area (Å²) in [6.07, 6.45) is 1.15. The summed E-state index contributed by atoms with van der Waals surface area (Å²) in [4.78, 5) is 0. The van der Waals surface area contributed by atoms with E-state index < -0.39 is 0 Å². The molecule has 1 aromatic carbocycles. The van der Waals surface area contributed by atoms with Crippen molar-refractivity contribution in [3.05, 3.63) is 28.2 Å². The van der Waals surface area contributed by atoms with Crippen LogP contribution in [0, 0.1) is 5.41 Å². The third kappa shape index (κ3) is 1.57. The van der Waals surface area contributed by atoms with E-state index in [2.05, 4.69) is 35.8 Å². The van der Waals surface area contributed by atoms with Gasteiger partial charge in [-0.25, -0.2) is 0 Å². The Morgan fingerprint density at radius 3 is 2.44 bits per heavy atom. The maximum absolute atomic E-state index is 5.96. The molecule has 0 amide bonds. The molecule has 0 bridgehead atoms. The highest BCUT2D eigenvalue weighted by molar-refractivity contribution is 9.10. The molecule has 1 unspecified atom stereocenters. The number of ether oxygens (including phenoxy) is 1. The number of hydrogen-bond acceptors (Lipinski definition) is 2. The fourth-order valence-corrected chi connectivity index (χ4v) is 3.38. The van der Waals surface area contributed by atoms with E-state index in [0.29, 0.717) is 12.0 Å². The molecule has 1 aliphatic rings. The van der Waals surface area contributed by atoms with Crippen LogP contribution in [0.4, 0.5) is 0 Å². The molecule has 1 atom stereocenters. The summed E-state index contributed by atoms with van der Waals surface area (Å²) in [7, 11) is 1.68. The predicted molar refractivity (Wildman–Crippen MR) is 69.8 cm³/mol. The first-order valence-corrected chi connectivity index (χ1v) is 6.30. The largest absolute Gasteiger partial charge is 0.497 e. The van der Waals surface area contributed by atoms with Crippen LogP contribution in [-0.4, -0.2) is 13.7 Å². The van der Waals surface area contributed by atoms with Crippen molar-refractivity contribution in [2.45, 2.75) is 25.7 Å². The molecule has 16 heavy (non-hydrogen) atoms. The zero-order chi connectivity index (χ0) is 12.0. The molecule has 0 spiro atoms. The molecule has 0 aromatic heterocycles. The standard InChI is InChI=1S/C13H18BrNO/c1-12(2)7-13(12,8-15)10-5-4-9(16-3)6-11(10)14/h4-6H,7-8,15H2,1-3H3. The Kier molecular flexibility index (Phi) is 2.79. The van der Waals surface area contributed by atoms with Gasteiger partial charge in [-0.2, -0.15) is 0 Å². The van der Waals surface area contributed by atoms with Gasteiger partial charge in [0, 0.05) is 16.4 Å². The van der Waals surface area contributed by atoms with Gasteiger partial charge in [-0.3, -0.25) is 0 Å². The minimum Gasteiger partial charge on any atom is -0.497 e. The normalized spacial score (nSPS) is 26.6. The van der Waals surface area contributed by atoms with Crippen molar-refractivity contribution in [2.75, 3.05) is 13.7 Å². The van der Waals surface area contributed by atoms with Gasteiger partial charge in [0.15, 0.2) is 0 Å². The van der Waals surface area contributed by atoms with E-state index in [-0.39, 0.29) is 5.41 Å². The van der Waals surface area contributed by atoms with Crippen LogP contribution in [0.5, 0.6) is 5.75 Å². The number of halogens is 1. The second-order valence-electron chi connectivity index (χ2n) is 5.19. The van der Waals surface area contributed by atoms with Gasteiger partial charge in [0.1, 0.15) is 5.75 Å². The fourth-order valence-electron chi connectivity index (χ4n) is 2.64. The van der Waals surface area contributed by atoms with Crippen molar-refractivity contribution in [2.24, 2.45) is 11.1 Å². The molecule has 1 aliphatic carbocycles. The maximum Gasteiger partial charge on any atom is 0.120 e. The van der Waals surface area contributed by atoms with Crippen molar-refractivity contribution in [1.82, 2.24) is 0 Å². The highest BCUT2D eigenvalue weighted by atomic mass is 79.9. The maximum atomic E-state index is 5.96. The van der Waals surface area contributed by atoms with Crippen LogP contribution in [0.15, 0.2) is 22.7 Å². The summed E-state index contributed by atoms with van der Waals surface area (Å²) in [5.74, 6) is 0.876. The van der Waals surface area contributed by atoms with Crippen molar-refractivity contribution >= 4 is 15.9 Å². The van der Waals surface area contributed by atoms with Gasteiger partial charge in [-0.15, -0.1) is 0 Å². The quantitative estimate of drug-likeness (QED) is 0.925. The van der Waals surface area contributed by atoms with E-state index in [1.165, 1.54) is 5.56 Å². The molecular weight excluding hydrogens is 266 g/mol. The second-order valence-corrected chi connectivity index (χ2v) is 6.05. The highest BCUT2D eigenvalue weighted by Gasteiger charge is 2.61. The molecule has 0 radical (unpaired) electrons. The Morgan fingerprint density at radius 1 is 1.44 bits per heavy atom. The molecular formula is C13H18BrNO. The average Bonchev–Trinajstić information content (AvgIpc) is 2.81. The summed E-state index contributed by atoms with van der Waals surface area (Å²) in [5.41, 5.74) is 7.71. The van der Waals surface area contributed by atoms with E-state index in [4.69, 9.17) is 10.5 Å². The van der Waals surface area contributed by atoms with Crippen LogP contribution in [0.25, 0.3) is 0 Å². The molecule has 1 fully saturated rings. The van der Waals surface area contributed by atoms with Crippen molar-refractivity contribution in [3.8, 4) is 5.75 Å². The molecule has 2 rings (SSSR count). The lowest BCUT2D eigenvalue weighted by Gasteiger charge is -2.21. The molecule has 0 heterocycles. The summed E-state index contributed by atoms with van der Waals surface area (Å²) in [5, 5.41) is 0. The van der Waals surface area contributed by atoms with E-state index >= 15 is 0 Å². The Bertz CT molecular complexity index is 416. The van der Waals surface area contributed by atoms with E-state index in [0.717, 1.165) is 16.6 Å². The van der Waals surface area contributed by atoms with Gasteiger partial charge in [0.05, 0.1) is 7.11 Å². The Balaban J connectivity index is 2.42. The molecule has 2 nitrogen and oxygen atoms in total. The zero-order valence-electron chi connectivity index (χ0n) is 10.0. The lowest BCUT2D eigenvalue weighted by atomic mass is 9.88. The lowest BCUT2D eigenvalue weighted by molar-refractivity contribution is 0.413. The second kappa shape index (κ2) is 3.74. The Morgan fingerprint density at radius 2 is 2.06 bits per heavy atom. The van der Waals surface area contributed by atoms with Crippen LogP contribution in [0.1, 0.15) is 25.8 Å². The number of benzene rings is 1. The smallest absolute Gasteiger partial charge is 0.120 e. The molecule has 3 heteroatoms. The van der Waals surface area contributed by atoms with Crippen LogP contribution < -0.4 is 10.5 Å². The topological polar surface area (TPSA) is 35.2 Å². The van der Waals surface area contributed by atoms with Gasteiger partial charge in [-0.05, 0) is 29.5 Å². The summed E-state index contributed by atoms with van der Waals surface area (Å²) >= 11 is 3.62. The lowest BCUT2D eigenvalue weighted by Crippen LogP contribution is -2.25. The van der Waals surface area contributed by atoms with Gasteiger partial charge in [-0.1, -0.05) is 35.8 Å². The number of methoxy groups -OCH3 is 1. The predicted octanol–water partition coefficient (Wildman–Crippen LogP) is 3.08. The number of nitrogens with two attached hydrogens (primary N) is 1. The van der Waals surface area contributed by atoms with Crippen molar-refractivity contribution in [1.29, 1.82) is 0 Å². The van der Waals surface area contributed by atoms with E-state index in [1.54, 1.807) is 7.11 Å². The first kappa shape index (κ1) is 11.9. The first-order chi connectivity index (χ1) is 7.47. The summed E-state index contributed by atoms with van der Waals surface area (Å²) in [6.45, 7) is 5.25. The Labute approximate surface area is 105 Å². The molecule has 1 saturated carbocycles. The fraction of sp³-hybridized carbons (Fsp3) is 0.538. The van der Waals surface area contributed by atoms with Crippen molar-refractivity contribution < 1.29 is 4.74 Å². The summed E-state index contributed by atoms with van der Waals surface area (Å²) < 4.78 is 6.31. The van der Waals surface area contributed by atoms with E-state index in [9.17, 15) is 0 Å². The minimum absolute atomic E-state index is 0.137. The third-order valence-electron chi connectivity index (χ3n) is 3.95. The number of hydrogen-bond donors (Lipinski definition) is 1. The van der Waals surface area contributed by atoms with Crippen LogP contribution >= 0.6 is 15.9 Å². The Hall–Kier alpha value is -0.540. The van der Waals surface area contributed by atoms with Gasteiger partial charge in [0.2, 0.25) is 0 Å². The molecule has 88 valence electrons. The third-order valence-corrected chi connectivity index (χ3v) is 4.61. The van der Waals surface area contributed by atoms with Gasteiger partial charge < -0.3 is 10.5 Å². The zero-order valence-corrected chi connectivity index (χ0v) is 11.6. The molecule has 0 saturated heterocycles. The van der Waals surface area contributed by atoms with Crippen molar-refractivity contribution in [3.63, 3.8) is 0 Å². The van der Waals surface area contributed by atoms with E-state index in [1.807, 2.05) is 12.1 Å². The monoisotopic (exact) mass is 283 g/mol. The molecule has 0 aliphatic heterocycles. The van der Waals surface area contributed by atoms with Gasteiger partial charge >= 0.3 is 0 Å². The molecule has 1 aromatic rings. The average molecular weight is 284 g/mol. The number of rotatable bonds is 3. The minimum atomic E-state index is 0.137. The SMILES string of the molecule is COc1ccc(C2(CN)CC2(C)C)c(Br)c1. The van der Waals surface area contributed by atoms with Crippen LogP contribution in [-0.2, 0) is 5.41 Å². The van der Waals surface area contributed by atoms with Crippen LogP contribution in [0.2, 0.25) is 0 Å². The van der Waals surface area contributed by atoms with Gasteiger partial charge in [0.25, 0.3) is 0 Å². The first-order valence-electron chi connectivity index (χ1n) is 5.51. The highest BCUT2D eigenvalue weighted by Crippen LogP contribution is 2.64. The molecule has 2 N–H and O–H groups in total. The summed E-state index contributed by atoms with van der Waals surface area (Å²) in [6, 6.07) is 6.15. The van der Waals surface area contributed by atoms with Crippen LogP contribution in [0.3, 0.4) is 0 Å².